The summed E-state index contributed by atoms with van der Waals surface area (Å²) in [5.41, 5.74) is 0. The number of halogens is 1. The van der Waals surface area contributed by atoms with Gasteiger partial charge in [0, 0.05) is 10.1 Å². The average Bonchev–Trinajstić information content (AvgIpc) is 2.47. The van der Waals surface area contributed by atoms with E-state index in [1.807, 2.05) is 17.8 Å². The fourth-order valence-corrected chi connectivity index (χ4v) is 2.41. The molecule has 0 radical (unpaired) electrons. The lowest BCUT2D eigenvalue weighted by Gasteiger charge is -2.05. The molecule has 0 amide bonds. The molecular formula is C9H13ClS2. The minimum absolute atomic E-state index is 0.755. The summed E-state index contributed by atoms with van der Waals surface area (Å²) in [7, 11) is 0. The Bertz CT molecular complexity index is 232. The quantitative estimate of drug-likeness (QED) is 0.737. The monoisotopic (exact) mass is 220 g/mol. The summed E-state index contributed by atoms with van der Waals surface area (Å²) >= 11 is 9.44. The maximum Gasteiger partial charge on any atom is 0.0931 e. The van der Waals surface area contributed by atoms with Gasteiger partial charge in [0.15, 0.2) is 0 Å². The highest BCUT2D eigenvalue weighted by molar-refractivity contribution is 7.99. The number of hydrogen-bond acceptors (Lipinski definition) is 2. The summed E-state index contributed by atoms with van der Waals surface area (Å²) in [6, 6.07) is 4.10. The summed E-state index contributed by atoms with van der Waals surface area (Å²) in [5, 5.41) is 0.755. The van der Waals surface area contributed by atoms with Crippen LogP contribution in [-0.4, -0.2) is 11.5 Å². The largest absolute Gasteiger partial charge is 0.162 e. The Balaban J connectivity index is 2.33. The Labute approximate surface area is 87.3 Å². The third-order valence-electron chi connectivity index (χ3n) is 1.83. The number of hydrogen-bond donors (Lipinski definition) is 0. The van der Waals surface area contributed by atoms with Crippen LogP contribution in [0.3, 0.4) is 0 Å². The lowest BCUT2D eigenvalue weighted by Crippen LogP contribution is -1.95. The summed E-state index contributed by atoms with van der Waals surface area (Å²) in [5.74, 6) is 0. The molecule has 68 valence electrons. The van der Waals surface area contributed by atoms with Gasteiger partial charge in [0.2, 0.25) is 0 Å². The predicted molar refractivity (Wildman–Crippen MR) is 60.6 cm³/mol. The number of aryl methyl sites for hydroxylation is 1. The second-order valence-corrected chi connectivity index (χ2v) is 5.87. The van der Waals surface area contributed by atoms with Gasteiger partial charge in [-0.3, -0.25) is 0 Å². The van der Waals surface area contributed by atoms with Crippen molar-refractivity contribution in [1.29, 1.82) is 0 Å². The molecule has 1 aromatic rings. The third-order valence-corrected chi connectivity index (χ3v) is 4.16. The van der Waals surface area contributed by atoms with Crippen molar-refractivity contribution in [2.45, 2.75) is 25.0 Å². The predicted octanol–water partition coefficient (Wildman–Crippen LogP) is 4.09. The van der Waals surface area contributed by atoms with Crippen molar-refractivity contribution in [3.63, 3.8) is 0 Å². The molecule has 0 aromatic carbocycles. The highest BCUT2D eigenvalue weighted by atomic mass is 35.5. The molecule has 1 unspecified atom stereocenters. The van der Waals surface area contributed by atoms with E-state index < -0.39 is 0 Å². The first-order chi connectivity index (χ1) is 5.72. The van der Waals surface area contributed by atoms with Gasteiger partial charge >= 0.3 is 0 Å². The van der Waals surface area contributed by atoms with Crippen molar-refractivity contribution in [3.05, 3.63) is 21.3 Å². The Kier molecular flexibility index (Phi) is 4.47. The molecule has 0 aliphatic carbocycles. The molecule has 0 saturated heterocycles. The Morgan fingerprint density at radius 3 is 2.83 bits per heavy atom. The average molecular weight is 221 g/mol. The molecule has 0 fully saturated rings. The smallest absolute Gasteiger partial charge is 0.0931 e. The maximum absolute atomic E-state index is 5.82. The van der Waals surface area contributed by atoms with Crippen LogP contribution >= 0.6 is 34.7 Å². The first-order valence-corrected chi connectivity index (χ1v) is 6.47. The molecule has 0 bridgehead atoms. The van der Waals surface area contributed by atoms with Gasteiger partial charge in [-0.2, -0.15) is 11.8 Å². The fraction of sp³-hybridized carbons (Fsp3) is 0.556. The highest BCUT2D eigenvalue weighted by Crippen LogP contribution is 2.24. The first-order valence-electron chi connectivity index (χ1n) is 3.99. The van der Waals surface area contributed by atoms with Crippen molar-refractivity contribution in [1.82, 2.24) is 0 Å². The van der Waals surface area contributed by atoms with Gasteiger partial charge in [-0.25, -0.2) is 0 Å². The van der Waals surface area contributed by atoms with Gasteiger partial charge in [0.05, 0.1) is 4.34 Å². The van der Waals surface area contributed by atoms with Crippen molar-refractivity contribution in [2.24, 2.45) is 0 Å². The number of rotatable bonds is 4. The van der Waals surface area contributed by atoms with Crippen LogP contribution in [0.25, 0.3) is 0 Å². The van der Waals surface area contributed by atoms with E-state index in [-0.39, 0.29) is 0 Å². The molecule has 1 heterocycles. The lowest BCUT2D eigenvalue weighted by atomic mass is 10.2. The van der Waals surface area contributed by atoms with Gasteiger partial charge in [-0.15, -0.1) is 11.3 Å². The van der Waals surface area contributed by atoms with Crippen molar-refractivity contribution in [3.8, 4) is 0 Å². The molecule has 1 rings (SSSR count). The van der Waals surface area contributed by atoms with E-state index in [4.69, 9.17) is 11.6 Å². The molecule has 0 aliphatic heterocycles. The zero-order valence-electron chi connectivity index (χ0n) is 7.34. The molecule has 0 aliphatic rings. The molecule has 0 N–H and O–H groups in total. The van der Waals surface area contributed by atoms with Crippen molar-refractivity contribution in [2.75, 3.05) is 6.26 Å². The normalized spacial score (nSPS) is 13.2. The second-order valence-electron chi connectivity index (χ2n) is 2.79. The van der Waals surface area contributed by atoms with Crippen LogP contribution < -0.4 is 0 Å². The highest BCUT2D eigenvalue weighted by Gasteiger charge is 2.02. The Hall–Kier alpha value is 0.340. The molecule has 0 saturated carbocycles. The van der Waals surface area contributed by atoms with E-state index >= 15 is 0 Å². The molecule has 1 aromatic heterocycles. The van der Waals surface area contributed by atoms with E-state index in [0.29, 0.717) is 0 Å². The van der Waals surface area contributed by atoms with Crippen molar-refractivity contribution >= 4 is 34.7 Å². The topological polar surface area (TPSA) is 0 Å². The number of thioether (sulfide) groups is 1. The van der Waals surface area contributed by atoms with E-state index in [1.165, 1.54) is 17.7 Å². The van der Waals surface area contributed by atoms with Crippen LogP contribution in [0, 0.1) is 0 Å². The lowest BCUT2D eigenvalue weighted by molar-refractivity contribution is 0.823. The minimum Gasteiger partial charge on any atom is -0.162 e. The maximum atomic E-state index is 5.82. The van der Waals surface area contributed by atoms with Crippen LogP contribution in [0.5, 0.6) is 0 Å². The van der Waals surface area contributed by atoms with Crippen LogP contribution in [0.2, 0.25) is 4.34 Å². The fourth-order valence-electron chi connectivity index (χ4n) is 0.949. The van der Waals surface area contributed by atoms with E-state index in [0.717, 1.165) is 9.59 Å². The molecule has 1 atom stereocenters. The summed E-state index contributed by atoms with van der Waals surface area (Å²) in [6.07, 6.45) is 4.57. The second kappa shape index (κ2) is 5.15. The summed E-state index contributed by atoms with van der Waals surface area (Å²) < 4.78 is 0.904. The van der Waals surface area contributed by atoms with Crippen LogP contribution in [0.15, 0.2) is 12.1 Å². The Morgan fingerprint density at radius 1 is 1.58 bits per heavy atom. The third kappa shape index (κ3) is 3.38. The van der Waals surface area contributed by atoms with Gasteiger partial charge in [0.1, 0.15) is 0 Å². The SMILES string of the molecule is CSC(C)CCc1ccc(Cl)s1. The summed E-state index contributed by atoms with van der Waals surface area (Å²) in [6.45, 7) is 2.26. The van der Waals surface area contributed by atoms with E-state index in [2.05, 4.69) is 19.2 Å². The molecule has 3 heteroatoms. The summed E-state index contributed by atoms with van der Waals surface area (Å²) in [4.78, 5) is 1.40. The molecule has 0 nitrogen and oxygen atoms in total. The van der Waals surface area contributed by atoms with Crippen LogP contribution in [-0.2, 0) is 6.42 Å². The van der Waals surface area contributed by atoms with E-state index in [1.54, 1.807) is 11.3 Å². The van der Waals surface area contributed by atoms with E-state index in [9.17, 15) is 0 Å². The Morgan fingerprint density at radius 2 is 2.33 bits per heavy atom. The molecule has 0 spiro atoms. The van der Waals surface area contributed by atoms with Crippen molar-refractivity contribution < 1.29 is 0 Å². The number of thiophene rings is 1. The van der Waals surface area contributed by atoms with Crippen LogP contribution in [0.4, 0.5) is 0 Å². The molecule has 12 heavy (non-hydrogen) atoms. The van der Waals surface area contributed by atoms with Crippen LogP contribution in [0.1, 0.15) is 18.2 Å². The molecular weight excluding hydrogens is 208 g/mol. The minimum atomic E-state index is 0.755. The van der Waals surface area contributed by atoms with Gasteiger partial charge < -0.3 is 0 Å². The van der Waals surface area contributed by atoms with Gasteiger partial charge in [0.25, 0.3) is 0 Å². The van der Waals surface area contributed by atoms with Gasteiger partial charge in [-0.05, 0) is 31.2 Å². The van der Waals surface area contributed by atoms with Gasteiger partial charge in [-0.1, -0.05) is 18.5 Å². The first kappa shape index (κ1) is 10.4. The standard InChI is InChI=1S/C9H13ClS2/c1-7(11-2)3-4-8-5-6-9(10)12-8/h5-7H,3-4H2,1-2H3. The zero-order chi connectivity index (χ0) is 8.97. The zero-order valence-corrected chi connectivity index (χ0v) is 9.73.